The highest BCUT2D eigenvalue weighted by atomic mass is 16.5. The van der Waals surface area contributed by atoms with Gasteiger partial charge in [-0.1, -0.05) is 5.16 Å². The summed E-state index contributed by atoms with van der Waals surface area (Å²) in [6, 6.07) is 0. The van der Waals surface area contributed by atoms with Gasteiger partial charge in [-0.25, -0.2) is 0 Å². The van der Waals surface area contributed by atoms with Gasteiger partial charge in [-0.3, -0.25) is 4.79 Å². The van der Waals surface area contributed by atoms with Crippen molar-refractivity contribution < 1.29 is 19.8 Å². The molecule has 0 aromatic heterocycles. The van der Waals surface area contributed by atoms with Gasteiger partial charge in [0.1, 0.15) is 5.41 Å². The molecule has 7 nitrogen and oxygen atoms in total. The number of amides is 1. The van der Waals surface area contributed by atoms with Crippen LogP contribution in [-0.2, 0) is 9.53 Å². The second-order valence-corrected chi connectivity index (χ2v) is 4.71. The first-order valence-electron chi connectivity index (χ1n) is 5.93. The molecule has 0 spiro atoms. The first kappa shape index (κ1) is 14.7. The van der Waals surface area contributed by atoms with E-state index in [-0.39, 0.29) is 18.3 Å². The van der Waals surface area contributed by atoms with Crippen molar-refractivity contribution in [3.05, 3.63) is 0 Å². The molecule has 0 aliphatic carbocycles. The van der Waals surface area contributed by atoms with Gasteiger partial charge in [0, 0.05) is 26.8 Å². The summed E-state index contributed by atoms with van der Waals surface area (Å²) in [5.41, 5.74) is 4.67. The normalized spacial score (nSPS) is 21.4. The quantitative estimate of drug-likeness (QED) is 0.269. The summed E-state index contributed by atoms with van der Waals surface area (Å²) in [4.78, 5) is 13.9. The maximum atomic E-state index is 12.4. The van der Waals surface area contributed by atoms with Crippen LogP contribution in [0.25, 0.3) is 0 Å². The van der Waals surface area contributed by atoms with Gasteiger partial charge >= 0.3 is 0 Å². The molecule has 4 N–H and O–H groups in total. The van der Waals surface area contributed by atoms with Crippen molar-refractivity contribution in [2.45, 2.75) is 25.9 Å². The number of likely N-dealkylation sites (N-methyl/N-ethyl adjacent to an activating group) is 1. The molecular formula is C11H21N3O4. The Morgan fingerprint density at radius 1 is 1.56 bits per heavy atom. The molecule has 1 unspecified atom stereocenters. The summed E-state index contributed by atoms with van der Waals surface area (Å²) in [5.74, 6) is -0.338. The average molecular weight is 259 g/mol. The van der Waals surface area contributed by atoms with Gasteiger partial charge in [-0.15, -0.1) is 0 Å². The Hall–Kier alpha value is -1.34. The Balaban J connectivity index is 2.93. The van der Waals surface area contributed by atoms with Crippen molar-refractivity contribution >= 4 is 11.7 Å². The monoisotopic (exact) mass is 259 g/mol. The van der Waals surface area contributed by atoms with Crippen LogP contribution in [0.5, 0.6) is 0 Å². The van der Waals surface area contributed by atoms with Crippen molar-refractivity contribution in [3.63, 3.8) is 0 Å². The van der Waals surface area contributed by atoms with Gasteiger partial charge in [0.05, 0.1) is 6.10 Å². The van der Waals surface area contributed by atoms with Crippen LogP contribution in [0, 0.1) is 5.41 Å². The third-order valence-corrected chi connectivity index (χ3v) is 3.24. The first-order valence-corrected chi connectivity index (χ1v) is 5.93. The summed E-state index contributed by atoms with van der Waals surface area (Å²) in [6.45, 7) is 2.60. The van der Waals surface area contributed by atoms with Gasteiger partial charge in [0.15, 0.2) is 5.84 Å². The number of ether oxygens (including phenoxy) is 1. The summed E-state index contributed by atoms with van der Waals surface area (Å²) in [5, 5.41) is 21.2. The molecule has 1 atom stereocenters. The number of rotatable bonds is 4. The number of amidine groups is 1. The second kappa shape index (κ2) is 6.01. The number of oxime groups is 1. The summed E-state index contributed by atoms with van der Waals surface area (Å²) in [7, 11) is 1.59. The van der Waals surface area contributed by atoms with Crippen LogP contribution in [0.4, 0.5) is 0 Å². The molecule has 0 radical (unpaired) electrons. The molecule has 1 aliphatic rings. The Bertz CT molecular complexity index is 324. The standard InChI is InChI=1S/C11H21N3O4/c1-8(15)7-14(2)10(16)11(9(12)13-17)3-5-18-6-4-11/h8,15,17H,3-7H2,1-2H3,(H2,12,13). The number of nitrogens with zero attached hydrogens (tertiary/aromatic N) is 2. The van der Waals surface area contributed by atoms with Crippen LogP contribution in [0.3, 0.4) is 0 Å². The zero-order valence-corrected chi connectivity index (χ0v) is 10.8. The van der Waals surface area contributed by atoms with E-state index in [2.05, 4.69) is 5.16 Å². The minimum absolute atomic E-state index is 0.0896. The van der Waals surface area contributed by atoms with E-state index in [4.69, 9.17) is 15.7 Å². The number of carbonyl (C=O) groups is 1. The summed E-state index contributed by atoms with van der Waals surface area (Å²) >= 11 is 0. The lowest BCUT2D eigenvalue weighted by Crippen LogP contribution is -2.54. The van der Waals surface area contributed by atoms with Gasteiger partial charge in [0.2, 0.25) is 5.91 Å². The summed E-state index contributed by atoms with van der Waals surface area (Å²) in [6.07, 6.45) is 0.140. The average Bonchev–Trinajstić information content (AvgIpc) is 2.36. The molecule has 1 rings (SSSR count). The minimum atomic E-state index is -1.02. The highest BCUT2D eigenvalue weighted by Gasteiger charge is 2.46. The van der Waals surface area contributed by atoms with Gasteiger partial charge < -0.3 is 25.7 Å². The van der Waals surface area contributed by atoms with E-state index in [0.29, 0.717) is 26.1 Å². The Labute approximate surface area is 106 Å². The van der Waals surface area contributed by atoms with E-state index < -0.39 is 11.5 Å². The number of nitrogens with two attached hydrogens (primary N) is 1. The van der Waals surface area contributed by atoms with Crippen molar-refractivity contribution in [3.8, 4) is 0 Å². The van der Waals surface area contributed by atoms with E-state index in [9.17, 15) is 9.90 Å². The van der Waals surface area contributed by atoms with Crippen LogP contribution in [-0.4, -0.2) is 59.9 Å². The lowest BCUT2D eigenvalue weighted by atomic mass is 9.77. The molecular weight excluding hydrogens is 238 g/mol. The molecule has 1 saturated heterocycles. The number of hydrogen-bond donors (Lipinski definition) is 3. The highest BCUT2D eigenvalue weighted by Crippen LogP contribution is 2.32. The first-order chi connectivity index (χ1) is 8.44. The van der Waals surface area contributed by atoms with Crippen LogP contribution < -0.4 is 5.73 Å². The molecule has 7 heteroatoms. The molecule has 1 aliphatic heterocycles. The molecule has 0 saturated carbocycles. The van der Waals surface area contributed by atoms with E-state index in [1.807, 2.05) is 0 Å². The molecule has 1 amide bonds. The maximum Gasteiger partial charge on any atom is 0.236 e. The summed E-state index contributed by atoms with van der Waals surface area (Å²) < 4.78 is 5.22. The van der Waals surface area contributed by atoms with Crippen molar-refractivity contribution in [2.75, 3.05) is 26.8 Å². The van der Waals surface area contributed by atoms with E-state index >= 15 is 0 Å². The van der Waals surface area contributed by atoms with Crippen molar-refractivity contribution in [2.24, 2.45) is 16.3 Å². The zero-order chi connectivity index (χ0) is 13.8. The Morgan fingerprint density at radius 3 is 2.56 bits per heavy atom. The predicted octanol–water partition coefficient (Wildman–Crippen LogP) is -0.631. The fourth-order valence-corrected chi connectivity index (χ4v) is 2.24. The van der Waals surface area contributed by atoms with Gasteiger partial charge in [-0.05, 0) is 19.8 Å². The number of aliphatic hydroxyl groups is 1. The molecule has 0 bridgehead atoms. The molecule has 0 aromatic rings. The van der Waals surface area contributed by atoms with Crippen molar-refractivity contribution in [1.29, 1.82) is 0 Å². The fourth-order valence-electron chi connectivity index (χ4n) is 2.24. The lowest BCUT2D eigenvalue weighted by Gasteiger charge is -2.37. The van der Waals surface area contributed by atoms with Crippen LogP contribution in [0.1, 0.15) is 19.8 Å². The Kier molecular flexibility index (Phi) is 4.92. The molecule has 18 heavy (non-hydrogen) atoms. The zero-order valence-electron chi connectivity index (χ0n) is 10.8. The lowest BCUT2D eigenvalue weighted by molar-refractivity contribution is -0.142. The van der Waals surface area contributed by atoms with E-state index in [0.717, 1.165) is 0 Å². The SMILES string of the molecule is CC(O)CN(C)C(=O)C1(C(N)=NO)CCOCC1. The molecule has 1 heterocycles. The Morgan fingerprint density at radius 2 is 2.11 bits per heavy atom. The predicted molar refractivity (Wildman–Crippen MR) is 65.2 cm³/mol. The third-order valence-electron chi connectivity index (χ3n) is 3.24. The molecule has 0 aromatic carbocycles. The second-order valence-electron chi connectivity index (χ2n) is 4.71. The van der Waals surface area contributed by atoms with Crippen LogP contribution in [0.2, 0.25) is 0 Å². The van der Waals surface area contributed by atoms with Crippen LogP contribution in [0.15, 0.2) is 5.16 Å². The maximum absolute atomic E-state index is 12.4. The highest BCUT2D eigenvalue weighted by molar-refractivity contribution is 6.06. The van der Waals surface area contributed by atoms with Crippen molar-refractivity contribution in [1.82, 2.24) is 4.90 Å². The van der Waals surface area contributed by atoms with Crippen LogP contribution >= 0.6 is 0 Å². The van der Waals surface area contributed by atoms with Gasteiger partial charge in [-0.2, -0.15) is 0 Å². The molecule has 104 valence electrons. The largest absolute Gasteiger partial charge is 0.409 e. The van der Waals surface area contributed by atoms with E-state index in [1.165, 1.54) is 4.90 Å². The van der Waals surface area contributed by atoms with Gasteiger partial charge in [0.25, 0.3) is 0 Å². The number of carbonyl (C=O) groups excluding carboxylic acids is 1. The smallest absolute Gasteiger partial charge is 0.236 e. The third kappa shape index (κ3) is 2.91. The topological polar surface area (TPSA) is 108 Å². The fraction of sp³-hybridized carbons (Fsp3) is 0.818. The molecule has 1 fully saturated rings. The number of hydrogen-bond acceptors (Lipinski definition) is 5. The minimum Gasteiger partial charge on any atom is -0.409 e. The number of aliphatic hydroxyl groups excluding tert-OH is 1. The van der Waals surface area contributed by atoms with E-state index in [1.54, 1.807) is 14.0 Å².